The number of H-pyrrole nitrogens is 1. The van der Waals surface area contributed by atoms with Crippen molar-refractivity contribution in [1.29, 1.82) is 0 Å². The highest BCUT2D eigenvalue weighted by molar-refractivity contribution is 5.99. The number of Topliss-reactive ketones (excluding diaryl/α,β-unsaturated/α-hetero) is 1. The number of rotatable bonds is 11. The van der Waals surface area contributed by atoms with E-state index < -0.39 is 6.04 Å². The van der Waals surface area contributed by atoms with Crippen LogP contribution in [-0.4, -0.2) is 22.7 Å². The minimum atomic E-state index is -0.613. The van der Waals surface area contributed by atoms with E-state index in [2.05, 4.69) is 17.2 Å². The molecule has 6 nitrogen and oxygen atoms in total. The van der Waals surface area contributed by atoms with Crippen molar-refractivity contribution in [2.24, 2.45) is 23.5 Å². The zero-order valence-electron chi connectivity index (χ0n) is 17.3. The zero-order valence-corrected chi connectivity index (χ0v) is 17.3. The van der Waals surface area contributed by atoms with Crippen LogP contribution >= 0.6 is 0 Å². The number of carbonyl (C=O) groups excluding carboxylic acids is 2. The SMILES string of the molecule is CCCCC(C(=O)c1c(CNC(=O)[C@@H](N)[C@@H](C)CC)[nH]ccc1=O)C(C)C. The third-order valence-electron chi connectivity index (χ3n) is 5.30. The average molecular weight is 378 g/mol. The van der Waals surface area contributed by atoms with Gasteiger partial charge >= 0.3 is 0 Å². The summed E-state index contributed by atoms with van der Waals surface area (Å²) >= 11 is 0. The van der Waals surface area contributed by atoms with Gasteiger partial charge in [-0.05, 0) is 18.3 Å². The predicted molar refractivity (Wildman–Crippen MR) is 109 cm³/mol. The summed E-state index contributed by atoms with van der Waals surface area (Å²) in [5.41, 5.74) is 6.25. The standard InChI is InChI=1S/C21H35N3O3/c1-6-8-9-15(13(3)4)20(26)18-16(23-11-10-17(18)25)12-24-21(27)19(22)14(5)7-2/h10-11,13-15,19H,6-9,12,22H2,1-5H3,(H,23,25)(H,24,27)/t14-,15?,19-/m0/s1. The second-order valence-electron chi connectivity index (χ2n) is 7.68. The quantitative estimate of drug-likeness (QED) is 0.515. The molecule has 1 aromatic heterocycles. The number of ketones is 1. The van der Waals surface area contributed by atoms with E-state index in [0.29, 0.717) is 5.69 Å². The Labute approximate surface area is 162 Å². The van der Waals surface area contributed by atoms with Crippen molar-refractivity contribution in [3.63, 3.8) is 0 Å². The van der Waals surface area contributed by atoms with Gasteiger partial charge in [0, 0.05) is 23.9 Å². The highest BCUT2D eigenvalue weighted by Gasteiger charge is 2.27. The van der Waals surface area contributed by atoms with Gasteiger partial charge in [0.1, 0.15) is 0 Å². The third kappa shape index (κ3) is 6.31. The van der Waals surface area contributed by atoms with E-state index >= 15 is 0 Å². The molecular weight excluding hydrogens is 342 g/mol. The first-order valence-corrected chi connectivity index (χ1v) is 10.0. The summed E-state index contributed by atoms with van der Waals surface area (Å²) in [6, 6.07) is 0.748. The molecule has 0 saturated heterocycles. The summed E-state index contributed by atoms with van der Waals surface area (Å²) in [4.78, 5) is 40.8. The Morgan fingerprint density at radius 2 is 1.89 bits per heavy atom. The molecule has 1 heterocycles. The van der Waals surface area contributed by atoms with Crippen LogP contribution in [0.3, 0.4) is 0 Å². The molecule has 0 spiro atoms. The van der Waals surface area contributed by atoms with Crippen molar-refractivity contribution < 1.29 is 9.59 Å². The summed E-state index contributed by atoms with van der Waals surface area (Å²) in [6.45, 7) is 10.1. The molecule has 1 aromatic rings. The summed E-state index contributed by atoms with van der Waals surface area (Å²) in [5.74, 6) is -0.426. The Kier molecular flexibility index (Phi) is 9.43. The van der Waals surface area contributed by atoms with Gasteiger partial charge in [-0.15, -0.1) is 0 Å². The van der Waals surface area contributed by atoms with Crippen molar-refractivity contribution in [3.8, 4) is 0 Å². The Morgan fingerprint density at radius 3 is 2.44 bits per heavy atom. The number of aromatic amines is 1. The molecule has 1 rings (SSSR count). The summed E-state index contributed by atoms with van der Waals surface area (Å²) < 4.78 is 0. The van der Waals surface area contributed by atoms with Crippen molar-refractivity contribution in [2.45, 2.75) is 72.9 Å². The Balaban J connectivity index is 3.04. The normalized spacial score (nSPS) is 14.6. The molecule has 0 aromatic carbocycles. The molecule has 3 atom stereocenters. The lowest BCUT2D eigenvalue weighted by Crippen LogP contribution is -2.44. The number of hydrogen-bond donors (Lipinski definition) is 3. The first-order valence-electron chi connectivity index (χ1n) is 10.0. The van der Waals surface area contributed by atoms with Crippen LogP contribution in [0.2, 0.25) is 0 Å². The van der Waals surface area contributed by atoms with Crippen LogP contribution in [-0.2, 0) is 11.3 Å². The van der Waals surface area contributed by atoms with E-state index in [0.717, 1.165) is 25.7 Å². The summed E-state index contributed by atoms with van der Waals surface area (Å²) in [5, 5.41) is 2.76. The van der Waals surface area contributed by atoms with Crippen LogP contribution < -0.4 is 16.5 Å². The molecule has 1 unspecified atom stereocenters. The first kappa shape index (κ1) is 23.1. The fraction of sp³-hybridized carbons (Fsp3) is 0.667. The molecule has 152 valence electrons. The lowest BCUT2D eigenvalue weighted by Gasteiger charge is -2.21. The topological polar surface area (TPSA) is 105 Å². The van der Waals surface area contributed by atoms with Gasteiger partial charge in [0.15, 0.2) is 11.2 Å². The van der Waals surface area contributed by atoms with Crippen molar-refractivity contribution in [3.05, 3.63) is 33.7 Å². The maximum absolute atomic E-state index is 13.1. The monoisotopic (exact) mass is 377 g/mol. The molecule has 0 aliphatic rings. The van der Waals surface area contributed by atoms with Crippen LogP contribution in [0.15, 0.2) is 17.1 Å². The molecular formula is C21H35N3O3. The van der Waals surface area contributed by atoms with Crippen LogP contribution in [0, 0.1) is 17.8 Å². The number of nitrogens with two attached hydrogens (primary N) is 1. The van der Waals surface area contributed by atoms with Gasteiger partial charge in [-0.2, -0.15) is 0 Å². The van der Waals surface area contributed by atoms with Crippen LogP contribution in [0.5, 0.6) is 0 Å². The maximum Gasteiger partial charge on any atom is 0.237 e. The minimum Gasteiger partial charge on any atom is -0.363 e. The number of nitrogens with one attached hydrogen (secondary N) is 2. The van der Waals surface area contributed by atoms with E-state index in [-0.39, 0.29) is 47.0 Å². The largest absolute Gasteiger partial charge is 0.363 e. The van der Waals surface area contributed by atoms with Crippen LogP contribution in [0.1, 0.15) is 76.4 Å². The van der Waals surface area contributed by atoms with E-state index in [1.807, 2.05) is 27.7 Å². The number of carbonyl (C=O) groups is 2. The van der Waals surface area contributed by atoms with E-state index in [4.69, 9.17) is 5.73 Å². The zero-order chi connectivity index (χ0) is 20.6. The van der Waals surface area contributed by atoms with Gasteiger partial charge in [0.05, 0.1) is 18.2 Å². The minimum absolute atomic E-state index is 0.0558. The van der Waals surface area contributed by atoms with Gasteiger partial charge < -0.3 is 16.0 Å². The third-order valence-corrected chi connectivity index (χ3v) is 5.30. The highest BCUT2D eigenvalue weighted by atomic mass is 16.2. The molecule has 0 bridgehead atoms. The predicted octanol–water partition coefficient (Wildman–Crippen LogP) is 3.01. The summed E-state index contributed by atoms with van der Waals surface area (Å²) in [7, 11) is 0. The van der Waals surface area contributed by atoms with Gasteiger partial charge in [0.25, 0.3) is 0 Å². The van der Waals surface area contributed by atoms with E-state index in [9.17, 15) is 14.4 Å². The molecule has 0 radical (unpaired) electrons. The molecule has 1 amide bonds. The smallest absolute Gasteiger partial charge is 0.237 e. The summed E-state index contributed by atoms with van der Waals surface area (Å²) in [6.07, 6.45) is 5.00. The van der Waals surface area contributed by atoms with Crippen molar-refractivity contribution >= 4 is 11.7 Å². The number of pyridine rings is 1. The number of amides is 1. The van der Waals surface area contributed by atoms with Crippen molar-refractivity contribution in [2.75, 3.05) is 0 Å². The first-order chi connectivity index (χ1) is 12.7. The molecule has 0 fully saturated rings. The molecule has 0 aliphatic carbocycles. The van der Waals surface area contributed by atoms with Gasteiger partial charge in [-0.25, -0.2) is 0 Å². The fourth-order valence-corrected chi connectivity index (χ4v) is 3.11. The van der Waals surface area contributed by atoms with E-state index in [1.54, 1.807) is 0 Å². The second-order valence-corrected chi connectivity index (χ2v) is 7.68. The molecule has 0 aliphatic heterocycles. The molecule has 4 N–H and O–H groups in total. The van der Waals surface area contributed by atoms with Gasteiger partial charge in [0.2, 0.25) is 5.91 Å². The molecule has 27 heavy (non-hydrogen) atoms. The van der Waals surface area contributed by atoms with Crippen LogP contribution in [0.25, 0.3) is 0 Å². The van der Waals surface area contributed by atoms with Crippen molar-refractivity contribution in [1.82, 2.24) is 10.3 Å². The Bertz CT molecular complexity index is 681. The Morgan fingerprint density at radius 1 is 1.22 bits per heavy atom. The fourth-order valence-electron chi connectivity index (χ4n) is 3.11. The number of hydrogen-bond acceptors (Lipinski definition) is 4. The lowest BCUT2D eigenvalue weighted by molar-refractivity contribution is -0.123. The maximum atomic E-state index is 13.1. The molecule has 6 heteroatoms. The molecule has 0 saturated carbocycles. The highest BCUT2D eigenvalue weighted by Crippen LogP contribution is 2.23. The second kappa shape index (κ2) is 11.0. The lowest BCUT2D eigenvalue weighted by atomic mass is 9.83. The van der Waals surface area contributed by atoms with Gasteiger partial charge in [-0.3, -0.25) is 14.4 Å². The van der Waals surface area contributed by atoms with Gasteiger partial charge in [-0.1, -0.05) is 53.9 Å². The number of aromatic nitrogens is 1. The average Bonchev–Trinajstić information content (AvgIpc) is 2.64. The van der Waals surface area contributed by atoms with E-state index in [1.165, 1.54) is 12.3 Å². The Hall–Kier alpha value is -1.95. The number of unbranched alkanes of at least 4 members (excludes halogenated alkanes) is 1. The van der Waals surface area contributed by atoms with Crippen LogP contribution in [0.4, 0.5) is 0 Å².